The van der Waals surface area contributed by atoms with Crippen molar-refractivity contribution < 1.29 is 4.39 Å². The monoisotopic (exact) mass is 264 g/mol. The quantitative estimate of drug-likeness (QED) is 0.868. The van der Waals surface area contributed by atoms with Crippen molar-refractivity contribution in [3.8, 4) is 0 Å². The van der Waals surface area contributed by atoms with Gasteiger partial charge in [-0.05, 0) is 45.9 Å². The Labute approximate surface area is 116 Å². The first-order valence-corrected chi connectivity index (χ1v) is 7.41. The number of hydrogen-bond donors (Lipinski definition) is 1. The highest BCUT2D eigenvalue weighted by Crippen LogP contribution is 2.34. The molecular weight excluding hydrogens is 239 g/mol. The van der Waals surface area contributed by atoms with E-state index in [-0.39, 0.29) is 11.9 Å². The van der Waals surface area contributed by atoms with Gasteiger partial charge in [0.15, 0.2) is 0 Å². The second kappa shape index (κ2) is 6.38. The minimum Gasteiger partial charge on any atom is -0.368 e. The molecule has 0 heterocycles. The molecule has 0 radical (unpaired) electrons. The minimum absolute atomic E-state index is 0.0339. The predicted octanol–water partition coefficient (Wildman–Crippen LogP) is 3.88. The zero-order valence-electron chi connectivity index (χ0n) is 12.2. The van der Waals surface area contributed by atoms with E-state index in [1.165, 1.54) is 25.7 Å². The van der Waals surface area contributed by atoms with Crippen molar-refractivity contribution in [3.63, 3.8) is 0 Å². The van der Waals surface area contributed by atoms with Gasteiger partial charge in [-0.3, -0.25) is 0 Å². The molecule has 0 bridgehead atoms. The lowest BCUT2D eigenvalue weighted by atomic mass is 10.0. The van der Waals surface area contributed by atoms with Gasteiger partial charge in [-0.15, -0.1) is 0 Å². The molecule has 1 fully saturated rings. The lowest BCUT2D eigenvalue weighted by Gasteiger charge is -2.33. The van der Waals surface area contributed by atoms with Crippen molar-refractivity contribution in [1.82, 2.24) is 5.32 Å². The Hall–Kier alpha value is -1.09. The van der Waals surface area contributed by atoms with Crippen molar-refractivity contribution >= 4 is 5.69 Å². The first kappa shape index (κ1) is 14.3. The van der Waals surface area contributed by atoms with Gasteiger partial charge in [0.05, 0.1) is 0 Å². The Bertz CT molecular complexity index is 413. The minimum atomic E-state index is -0.101. The number of nitrogens with one attached hydrogen (secondary N) is 1. The molecule has 2 nitrogen and oxygen atoms in total. The van der Waals surface area contributed by atoms with E-state index in [4.69, 9.17) is 0 Å². The van der Waals surface area contributed by atoms with Gasteiger partial charge < -0.3 is 10.2 Å². The summed E-state index contributed by atoms with van der Waals surface area (Å²) in [6, 6.07) is 6.07. The molecule has 0 saturated heterocycles. The maximum atomic E-state index is 14.2. The number of hydrogen-bond acceptors (Lipinski definition) is 2. The van der Waals surface area contributed by atoms with Crippen molar-refractivity contribution in [2.45, 2.75) is 51.6 Å². The summed E-state index contributed by atoms with van der Waals surface area (Å²) in [6.45, 7) is 5.12. The van der Waals surface area contributed by atoms with Crippen LogP contribution in [0.4, 0.5) is 10.1 Å². The van der Waals surface area contributed by atoms with Gasteiger partial charge in [0.1, 0.15) is 5.82 Å². The average molecular weight is 264 g/mol. The molecule has 0 spiro atoms. The van der Waals surface area contributed by atoms with Crippen LogP contribution in [-0.4, -0.2) is 19.6 Å². The molecule has 0 aliphatic heterocycles. The van der Waals surface area contributed by atoms with E-state index in [9.17, 15) is 4.39 Å². The normalized spacial score (nSPS) is 17.7. The van der Waals surface area contributed by atoms with E-state index in [2.05, 4.69) is 23.2 Å². The van der Waals surface area contributed by atoms with E-state index in [0.717, 1.165) is 17.8 Å². The maximum absolute atomic E-state index is 14.2. The van der Waals surface area contributed by atoms with Crippen LogP contribution < -0.4 is 10.2 Å². The summed E-state index contributed by atoms with van der Waals surface area (Å²) in [5.74, 6) is -0.101. The summed E-state index contributed by atoms with van der Waals surface area (Å²) >= 11 is 0. The van der Waals surface area contributed by atoms with Gasteiger partial charge in [-0.25, -0.2) is 4.39 Å². The molecule has 1 saturated carbocycles. The molecule has 106 valence electrons. The molecule has 1 aliphatic carbocycles. The zero-order chi connectivity index (χ0) is 13.8. The Morgan fingerprint density at radius 1 is 1.37 bits per heavy atom. The third-order valence-corrected chi connectivity index (χ3v) is 4.31. The van der Waals surface area contributed by atoms with Crippen LogP contribution in [0.25, 0.3) is 0 Å². The largest absolute Gasteiger partial charge is 0.368 e. The molecule has 1 N–H and O–H groups in total. The molecule has 2 rings (SSSR count). The molecule has 1 unspecified atom stereocenters. The Morgan fingerprint density at radius 2 is 2.05 bits per heavy atom. The third kappa shape index (κ3) is 2.92. The first-order chi connectivity index (χ1) is 9.19. The molecule has 1 aromatic carbocycles. The van der Waals surface area contributed by atoms with Crippen LogP contribution in [0.15, 0.2) is 18.2 Å². The molecule has 1 aliphatic rings. The number of halogens is 1. The summed E-state index contributed by atoms with van der Waals surface area (Å²) in [5, 5.41) is 3.17. The number of nitrogens with zero attached hydrogens (tertiary/aromatic N) is 1. The third-order valence-electron chi connectivity index (χ3n) is 4.31. The number of rotatable bonds is 5. The smallest absolute Gasteiger partial charge is 0.130 e. The average Bonchev–Trinajstić information content (AvgIpc) is 2.93. The summed E-state index contributed by atoms with van der Waals surface area (Å²) in [7, 11) is 1.88. The van der Waals surface area contributed by atoms with Crippen LogP contribution in [0.3, 0.4) is 0 Å². The van der Waals surface area contributed by atoms with Crippen LogP contribution in [0.2, 0.25) is 0 Å². The lowest BCUT2D eigenvalue weighted by molar-refractivity contribution is 0.551. The van der Waals surface area contributed by atoms with Crippen LogP contribution in [0.5, 0.6) is 0 Å². The lowest BCUT2D eigenvalue weighted by Crippen LogP contribution is -2.34. The molecule has 1 atom stereocenters. The molecule has 0 aromatic heterocycles. The topological polar surface area (TPSA) is 15.3 Å². The molecule has 3 heteroatoms. The van der Waals surface area contributed by atoms with E-state index < -0.39 is 0 Å². The van der Waals surface area contributed by atoms with E-state index in [1.54, 1.807) is 6.07 Å². The highest BCUT2D eigenvalue weighted by Gasteiger charge is 2.25. The van der Waals surface area contributed by atoms with Gasteiger partial charge in [0, 0.05) is 29.9 Å². The molecular formula is C16H25FN2. The maximum Gasteiger partial charge on any atom is 0.130 e. The van der Waals surface area contributed by atoms with Crippen molar-refractivity contribution in [2.24, 2.45) is 0 Å². The highest BCUT2D eigenvalue weighted by molar-refractivity contribution is 5.56. The second-order valence-electron chi connectivity index (χ2n) is 5.41. The standard InChI is InChI=1S/C16H25FN2/c1-4-19(13-8-5-6-9-13)15-11-7-10-14(17)16(15)12(2)18-3/h7,10-13,18H,4-6,8-9H2,1-3H3. The van der Waals surface area contributed by atoms with E-state index in [0.29, 0.717) is 6.04 Å². The summed E-state index contributed by atoms with van der Waals surface area (Å²) in [6.07, 6.45) is 5.07. The Kier molecular flexibility index (Phi) is 4.81. The number of anilines is 1. The zero-order valence-corrected chi connectivity index (χ0v) is 12.2. The fraction of sp³-hybridized carbons (Fsp3) is 0.625. The van der Waals surface area contributed by atoms with Crippen LogP contribution in [0, 0.1) is 5.82 Å². The fourth-order valence-electron chi connectivity index (χ4n) is 3.19. The van der Waals surface area contributed by atoms with Gasteiger partial charge in [-0.1, -0.05) is 18.9 Å². The van der Waals surface area contributed by atoms with Gasteiger partial charge in [0.25, 0.3) is 0 Å². The van der Waals surface area contributed by atoms with Crippen molar-refractivity contribution in [3.05, 3.63) is 29.6 Å². The first-order valence-electron chi connectivity index (χ1n) is 7.41. The van der Waals surface area contributed by atoms with E-state index in [1.807, 2.05) is 20.0 Å². The molecule has 19 heavy (non-hydrogen) atoms. The van der Waals surface area contributed by atoms with Crippen molar-refractivity contribution in [1.29, 1.82) is 0 Å². The molecule has 0 amide bonds. The molecule has 1 aromatic rings. The predicted molar refractivity (Wildman–Crippen MR) is 79.2 cm³/mol. The fourth-order valence-corrected chi connectivity index (χ4v) is 3.19. The summed E-state index contributed by atoms with van der Waals surface area (Å²) in [4.78, 5) is 2.39. The summed E-state index contributed by atoms with van der Waals surface area (Å²) in [5.41, 5.74) is 1.87. The van der Waals surface area contributed by atoms with E-state index >= 15 is 0 Å². The SMILES string of the molecule is CCN(c1cccc(F)c1C(C)NC)C1CCCC1. The van der Waals surface area contributed by atoms with Gasteiger partial charge in [0.2, 0.25) is 0 Å². The highest BCUT2D eigenvalue weighted by atomic mass is 19.1. The van der Waals surface area contributed by atoms with Gasteiger partial charge in [-0.2, -0.15) is 0 Å². The Morgan fingerprint density at radius 3 is 2.63 bits per heavy atom. The van der Waals surface area contributed by atoms with Crippen LogP contribution in [-0.2, 0) is 0 Å². The summed E-state index contributed by atoms with van der Waals surface area (Å²) < 4.78 is 14.2. The van der Waals surface area contributed by atoms with Crippen LogP contribution in [0.1, 0.15) is 51.1 Å². The Balaban J connectivity index is 2.38. The van der Waals surface area contributed by atoms with Gasteiger partial charge >= 0.3 is 0 Å². The van der Waals surface area contributed by atoms with Crippen LogP contribution >= 0.6 is 0 Å². The van der Waals surface area contributed by atoms with Crippen molar-refractivity contribution in [2.75, 3.05) is 18.5 Å². The second-order valence-corrected chi connectivity index (χ2v) is 5.41. The number of benzene rings is 1.